The predicted molar refractivity (Wildman–Crippen MR) is 84.5 cm³/mol. The van der Waals surface area contributed by atoms with Crippen LogP contribution in [0.4, 0.5) is 0 Å². The quantitative estimate of drug-likeness (QED) is 0.417. The van der Waals surface area contributed by atoms with Crippen molar-refractivity contribution in [1.82, 2.24) is 5.32 Å². The Bertz CT molecular complexity index is 643. The van der Waals surface area contributed by atoms with Crippen LogP contribution in [0, 0.1) is 0 Å². The molecule has 0 radical (unpaired) electrons. The summed E-state index contributed by atoms with van der Waals surface area (Å²) in [5.74, 6) is -0.248. The van der Waals surface area contributed by atoms with Crippen LogP contribution >= 0.6 is 0 Å². The first-order valence-corrected chi connectivity index (χ1v) is 7.21. The van der Waals surface area contributed by atoms with Crippen molar-refractivity contribution in [3.63, 3.8) is 0 Å². The van der Waals surface area contributed by atoms with Crippen LogP contribution < -0.4 is 5.32 Å². The first kappa shape index (κ1) is 16.0. The van der Waals surface area contributed by atoms with E-state index in [1.807, 2.05) is 6.92 Å². The Morgan fingerprint density at radius 1 is 0.864 bits per heavy atom. The van der Waals surface area contributed by atoms with Gasteiger partial charge in [0.25, 0.3) is 0 Å². The van der Waals surface area contributed by atoms with E-state index in [1.54, 1.807) is 24.3 Å². The minimum absolute atomic E-state index is 0.106. The highest BCUT2D eigenvalue weighted by molar-refractivity contribution is 5.42. The van der Waals surface area contributed by atoms with Crippen molar-refractivity contribution in [1.29, 1.82) is 0 Å². The lowest BCUT2D eigenvalue weighted by Gasteiger charge is -2.14. The van der Waals surface area contributed by atoms with E-state index in [0.717, 1.165) is 30.6 Å². The van der Waals surface area contributed by atoms with Gasteiger partial charge in [-0.1, -0.05) is 19.1 Å². The minimum atomic E-state index is -0.115. The highest BCUT2D eigenvalue weighted by Gasteiger charge is 2.08. The van der Waals surface area contributed by atoms with Crippen molar-refractivity contribution in [2.24, 2.45) is 0 Å². The van der Waals surface area contributed by atoms with Crippen LogP contribution in [0.15, 0.2) is 36.4 Å². The van der Waals surface area contributed by atoms with Crippen molar-refractivity contribution in [2.45, 2.75) is 19.3 Å². The van der Waals surface area contributed by atoms with Gasteiger partial charge in [0.15, 0.2) is 23.0 Å². The Hall–Kier alpha value is -2.40. The van der Waals surface area contributed by atoms with Gasteiger partial charge in [0, 0.05) is 6.54 Å². The van der Waals surface area contributed by atoms with Crippen LogP contribution in [0.2, 0.25) is 0 Å². The lowest BCUT2D eigenvalue weighted by atomic mass is 10.0. The highest BCUT2D eigenvalue weighted by Crippen LogP contribution is 2.28. The molecule has 0 heterocycles. The maximum atomic E-state index is 9.50. The van der Waals surface area contributed by atoms with Crippen LogP contribution in [0.1, 0.15) is 24.0 Å². The van der Waals surface area contributed by atoms with Crippen molar-refractivity contribution >= 4 is 0 Å². The summed E-state index contributed by atoms with van der Waals surface area (Å²) in [7, 11) is 0. The summed E-state index contributed by atoms with van der Waals surface area (Å²) in [5, 5.41) is 40.8. The molecular weight excluding hydrogens is 282 g/mol. The molecule has 0 aliphatic rings. The molecule has 0 bridgehead atoms. The van der Waals surface area contributed by atoms with Gasteiger partial charge < -0.3 is 25.7 Å². The minimum Gasteiger partial charge on any atom is -0.504 e. The molecule has 2 aromatic carbocycles. The van der Waals surface area contributed by atoms with Gasteiger partial charge in [0.1, 0.15) is 0 Å². The van der Waals surface area contributed by atoms with Crippen molar-refractivity contribution < 1.29 is 20.4 Å². The summed E-state index contributed by atoms with van der Waals surface area (Å²) in [6, 6.07) is 9.66. The van der Waals surface area contributed by atoms with Crippen molar-refractivity contribution in [3.05, 3.63) is 47.5 Å². The van der Waals surface area contributed by atoms with E-state index in [4.69, 9.17) is 0 Å². The topological polar surface area (TPSA) is 93.0 Å². The molecule has 5 nitrogen and oxygen atoms in total. The number of benzene rings is 2. The number of aromatic hydroxyl groups is 4. The Morgan fingerprint density at radius 2 is 1.50 bits per heavy atom. The second-order valence-electron chi connectivity index (χ2n) is 5.43. The molecule has 2 aromatic rings. The molecule has 0 fully saturated rings. The normalized spacial score (nSPS) is 12.2. The monoisotopic (exact) mass is 303 g/mol. The van der Waals surface area contributed by atoms with Crippen molar-refractivity contribution in [3.8, 4) is 23.0 Å². The SMILES string of the molecule is CC(CNCCc1ccc(O)c(O)c1)c1ccc(O)c(O)c1. The van der Waals surface area contributed by atoms with Crippen molar-refractivity contribution in [2.75, 3.05) is 13.1 Å². The summed E-state index contributed by atoms with van der Waals surface area (Å²) >= 11 is 0. The average molecular weight is 303 g/mol. The molecule has 0 aliphatic heterocycles. The number of rotatable bonds is 6. The van der Waals surface area contributed by atoms with Crippen LogP contribution in [0.3, 0.4) is 0 Å². The molecule has 1 unspecified atom stereocenters. The van der Waals surface area contributed by atoms with Crippen LogP contribution in [-0.4, -0.2) is 33.5 Å². The molecule has 0 aliphatic carbocycles. The van der Waals surface area contributed by atoms with E-state index in [0.29, 0.717) is 0 Å². The molecule has 5 heteroatoms. The molecule has 5 N–H and O–H groups in total. The maximum absolute atomic E-state index is 9.50. The fourth-order valence-electron chi connectivity index (χ4n) is 2.24. The van der Waals surface area contributed by atoms with Gasteiger partial charge >= 0.3 is 0 Å². The van der Waals surface area contributed by atoms with Gasteiger partial charge in [0.2, 0.25) is 0 Å². The molecule has 118 valence electrons. The summed E-state index contributed by atoms with van der Waals surface area (Å²) in [5.41, 5.74) is 1.89. The van der Waals surface area contributed by atoms with E-state index in [9.17, 15) is 20.4 Å². The highest BCUT2D eigenvalue weighted by atomic mass is 16.3. The number of hydrogen-bond acceptors (Lipinski definition) is 5. The van der Waals surface area contributed by atoms with E-state index < -0.39 is 0 Å². The van der Waals surface area contributed by atoms with E-state index in [2.05, 4.69) is 5.32 Å². The van der Waals surface area contributed by atoms with Crippen LogP contribution in [0.25, 0.3) is 0 Å². The van der Waals surface area contributed by atoms with Crippen LogP contribution in [-0.2, 0) is 6.42 Å². The Morgan fingerprint density at radius 3 is 2.14 bits per heavy atom. The van der Waals surface area contributed by atoms with E-state index >= 15 is 0 Å². The summed E-state index contributed by atoms with van der Waals surface area (Å²) in [6.07, 6.45) is 0.737. The third-order valence-corrected chi connectivity index (χ3v) is 3.65. The molecular formula is C17H21NO4. The fraction of sp³-hybridized carbons (Fsp3) is 0.294. The van der Waals surface area contributed by atoms with Gasteiger partial charge in [-0.2, -0.15) is 0 Å². The van der Waals surface area contributed by atoms with Gasteiger partial charge in [-0.3, -0.25) is 0 Å². The lowest BCUT2D eigenvalue weighted by Crippen LogP contribution is -2.22. The number of phenolic OH excluding ortho intramolecular Hbond substituents is 4. The molecule has 1 atom stereocenters. The molecule has 22 heavy (non-hydrogen) atoms. The summed E-state index contributed by atoms with van der Waals surface area (Å²) in [4.78, 5) is 0. The van der Waals surface area contributed by atoms with Gasteiger partial charge in [-0.25, -0.2) is 0 Å². The molecule has 0 saturated heterocycles. The number of phenols is 4. The zero-order valence-electron chi connectivity index (χ0n) is 12.5. The predicted octanol–water partition coefficient (Wildman–Crippen LogP) is 2.44. The second kappa shape index (κ2) is 7.04. The third kappa shape index (κ3) is 4.05. The molecule has 0 spiro atoms. The molecule has 0 amide bonds. The first-order chi connectivity index (χ1) is 10.5. The Balaban J connectivity index is 1.80. The zero-order chi connectivity index (χ0) is 16.1. The standard InChI is InChI=1S/C17H21NO4/c1-11(13-3-5-15(20)17(22)9-13)10-18-7-6-12-2-4-14(19)16(21)8-12/h2-5,8-9,11,18-22H,6-7,10H2,1H3. The Kier molecular flexibility index (Phi) is 5.12. The summed E-state index contributed by atoms with van der Waals surface area (Å²) in [6.45, 7) is 3.50. The first-order valence-electron chi connectivity index (χ1n) is 7.21. The van der Waals surface area contributed by atoms with Crippen LogP contribution in [0.5, 0.6) is 23.0 Å². The zero-order valence-corrected chi connectivity index (χ0v) is 12.5. The molecule has 0 saturated carbocycles. The van der Waals surface area contributed by atoms with E-state index in [1.165, 1.54) is 12.1 Å². The molecule has 2 rings (SSSR count). The van der Waals surface area contributed by atoms with Gasteiger partial charge in [0.05, 0.1) is 0 Å². The Labute approximate surface area is 129 Å². The molecule has 0 aromatic heterocycles. The fourth-order valence-corrected chi connectivity index (χ4v) is 2.24. The average Bonchev–Trinajstić information content (AvgIpc) is 2.49. The summed E-state index contributed by atoms with van der Waals surface area (Å²) < 4.78 is 0. The van der Waals surface area contributed by atoms with Gasteiger partial charge in [-0.05, 0) is 54.3 Å². The van der Waals surface area contributed by atoms with E-state index in [-0.39, 0.29) is 28.9 Å². The third-order valence-electron chi connectivity index (χ3n) is 3.65. The maximum Gasteiger partial charge on any atom is 0.157 e. The lowest BCUT2D eigenvalue weighted by molar-refractivity contribution is 0.402. The largest absolute Gasteiger partial charge is 0.504 e. The van der Waals surface area contributed by atoms with Gasteiger partial charge in [-0.15, -0.1) is 0 Å². The second-order valence-corrected chi connectivity index (χ2v) is 5.43. The number of hydrogen-bond donors (Lipinski definition) is 5. The number of nitrogens with one attached hydrogen (secondary N) is 1. The smallest absolute Gasteiger partial charge is 0.157 e.